The Labute approximate surface area is 254 Å². The highest BCUT2D eigenvalue weighted by Crippen LogP contribution is 2.36. The van der Waals surface area contributed by atoms with Crippen LogP contribution in [-0.2, 0) is 16.1 Å². The number of halogens is 3. The van der Waals surface area contributed by atoms with Crippen molar-refractivity contribution in [3.8, 4) is 28.5 Å². The minimum atomic E-state index is -5.13. The molecule has 4 heterocycles. The lowest BCUT2D eigenvalue weighted by atomic mass is 10.1. The predicted octanol–water partition coefficient (Wildman–Crippen LogP) is 3.83. The summed E-state index contributed by atoms with van der Waals surface area (Å²) in [5.41, 5.74) is 9.01. The van der Waals surface area contributed by atoms with Crippen molar-refractivity contribution in [2.75, 3.05) is 30.7 Å². The van der Waals surface area contributed by atoms with Gasteiger partial charge in [0.2, 0.25) is 5.95 Å². The molecule has 0 saturated carbocycles. The van der Waals surface area contributed by atoms with E-state index in [1.807, 2.05) is 41.8 Å². The molecule has 4 N–H and O–H groups in total. The largest absolute Gasteiger partial charge is 0.490 e. The van der Waals surface area contributed by atoms with Crippen molar-refractivity contribution >= 4 is 28.8 Å². The molecule has 236 valence electrons. The van der Waals surface area contributed by atoms with Crippen LogP contribution in [-0.4, -0.2) is 72.9 Å². The molecule has 0 spiro atoms. The lowest BCUT2D eigenvalue weighted by Gasteiger charge is -2.20. The fraction of sp³-hybridized carbons (Fsp3) is 0.321. The van der Waals surface area contributed by atoms with Crippen molar-refractivity contribution in [1.82, 2.24) is 40.1 Å². The molecular formula is C28H29F3N10O4. The summed E-state index contributed by atoms with van der Waals surface area (Å²) >= 11 is 0. The van der Waals surface area contributed by atoms with Crippen LogP contribution in [0.2, 0.25) is 0 Å². The van der Waals surface area contributed by atoms with Crippen LogP contribution in [0.3, 0.4) is 0 Å². The van der Waals surface area contributed by atoms with Crippen LogP contribution in [0.4, 0.5) is 24.9 Å². The molecule has 0 radical (unpaired) electrons. The molecule has 1 atom stereocenters. The van der Waals surface area contributed by atoms with Gasteiger partial charge in [-0.2, -0.15) is 13.2 Å². The Hall–Kier alpha value is -5.32. The highest BCUT2D eigenvalue weighted by atomic mass is 19.4. The fourth-order valence-corrected chi connectivity index (χ4v) is 4.46. The first-order valence-electron chi connectivity index (χ1n) is 13.9. The second-order valence-corrected chi connectivity index (χ2v) is 9.57. The minimum absolute atomic E-state index is 0.0925. The molecule has 17 heteroatoms. The van der Waals surface area contributed by atoms with Gasteiger partial charge in [0.1, 0.15) is 11.0 Å². The van der Waals surface area contributed by atoms with Gasteiger partial charge in [0.05, 0.1) is 25.0 Å². The molecule has 0 aliphatic heterocycles. The summed E-state index contributed by atoms with van der Waals surface area (Å²) < 4.78 is 55.9. The van der Waals surface area contributed by atoms with Gasteiger partial charge in [-0.1, -0.05) is 30.3 Å². The number of aryl methyl sites for hydroxylation is 1. The first-order valence-corrected chi connectivity index (χ1v) is 13.9. The molecule has 0 bridgehead atoms. The summed E-state index contributed by atoms with van der Waals surface area (Å²) in [7, 11) is 0. The number of nitrogens with two attached hydrogens (primary N) is 1. The molecule has 14 nitrogen and oxygen atoms in total. The maximum Gasteiger partial charge on any atom is 0.490 e. The normalized spacial score (nSPS) is 12.3. The number of esters is 1. The Kier molecular flexibility index (Phi) is 9.67. The van der Waals surface area contributed by atoms with Gasteiger partial charge in [0.25, 0.3) is 0 Å². The fourth-order valence-electron chi connectivity index (χ4n) is 4.46. The molecular weight excluding hydrogens is 597 g/mol. The second-order valence-electron chi connectivity index (χ2n) is 9.57. The van der Waals surface area contributed by atoms with E-state index in [-0.39, 0.29) is 37.2 Å². The summed E-state index contributed by atoms with van der Waals surface area (Å²) in [5, 5.41) is 13.2. The number of alkyl halides is 3. The number of aromatic nitrogens is 7. The zero-order valence-electron chi connectivity index (χ0n) is 24.0. The maximum atomic E-state index is 12.8. The Morgan fingerprint density at radius 2 is 1.84 bits per heavy atom. The number of hydrogen-bond donors (Lipinski definition) is 3. The third-order valence-corrected chi connectivity index (χ3v) is 6.52. The van der Waals surface area contributed by atoms with E-state index < -0.39 is 18.4 Å². The van der Waals surface area contributed by atoms with Crippen molar-refractivity contribution in [2.45, 2.75) is 38.7 Å². The number of pyridine rings is 1. The second kappa shape index (κ2) is 14.0. The van der Waals surface area contributed by atoms with Crippen LogP contribution in [0.5, 0.6) is 5.75 Å². The molecule has 5 aromatic rings. The first kappa shape index (κ1) is 31.1. The highest BCUT2D eigenvalue weighted by Gasteiger charge is 2.42. The highest BCUT2D eigenvalue weighted by molar-refractivity contribution is 5.95. The number of unbranched alkanes of at least 4 members (excludes halogenated alkanes) is 1. The maximum absolute atomic E-state index is 12.8. The molecule has 0 amide bonds. The predicted molar refractivity (Wildman–Crippen MR) is 156 cm³/mol. The molecule has 5 rings (SSSR count). The zero-order valence-corrected chi connectivity index (χ0v) is 24.0. The molecule has 0 aliphatic carbocycles. The van der Waals surface area contributed by atoms with Gasteiger partial charge >= 0.3 is 12.1 Å². The standard InChI is InChI=1S/C28H29F3N10O4/c1-2-41-23-18(15-36-20(17-9-4-3-5-10-17)21(23)38-25(41)22-24(32)40-45-39-22)43-14-7-6-11-33-19(44-26(42)28(29,30)31)16-37-27-34-12-8-13-35-27/h3-5,8-10,12-13,15,19,33H,2,6-7,11,14,16H2,1H3,(H2,32,40)(H,34,35,37). The summed E-state index contributed by atoms with van der Waals surface area (Å²) in [6, 6.07) is 11.1. The number of benzene rings is 1. The first-order chi connectivity index (χ1) is 21.8. The van der Waals surface area contributed by atoms with Gasteiger partial charge in [-0.25, -0.2) is 29.4 Å². The van der Waals surface area contributed by atoms with E-state index >= 15 is 0 Å². The molecule has 0 aliphatic rings. The molecule has 1 aromatic carbocycles. The number of rotatable bonds is 14. The van der Waals surface area contributed by atoms with Crippen molar-refractivity contribution < 1.29 is 32.1 Å². The number of nitrogen functional groups attached to an aromatic ring is 1. The average Bonchev–Trinajstić information content (AvgIpc) is 3.64. The lowest BCUT2D eigenvalue weighted by molar-refractivity contribution is -0.205. The van der Waals surface area contributed by atoms with Crippen molar-refractivity contribution in [3.05, 3.63) is 55.0 Å². The van der Waals surface area contributed by atoms with Crippen LogP contribution in [0.15, 0.2) is 59.6 Å². The summed E-state index contributed by atoms with van der Waals surface area (Å²) in [5.74, 6) is -1.12. The SMILES string of the molecule is CCn1c(-c2nonc2N)nc2c(-c3ccccc3)ncc(OCCCCNC(CNc3ncccn3)OC(=O)C(F)(F)F)c21. The van der Waals surface area contributed by atoms with Crippen LogP contribution in [0.25, 0.3) is 33.8 Å². The third kappa shape index (κ3) is 7.43. The van der Waals surface area contributed by atoms with Gasteiger partial charge in [0.15, 0.2) is 29.3 Å². The summed E-state index contributed by atoms with van der Waals surface area (Å²) in [4.78, 5) is 28.8. The van der Waals surface area contributed by atoms with E-state index in [0.717, 1.165) is 5.56 Å². The van der Waals surface area contributed by atoms with Crippen LogP contribution >= 0.6 is 0 Å². The van der Waals surface area contributed by atoms with Gasteiger partial charge in [-0.05, 0) is 42.7 Å². The van der Waals surface area contributed by atoms with E-state index in [9.17, 15) is 18.0 Å². The number of ether oxygens (including phenoxy) is 2. The van der Waals surface area contributed by atoms with Gasteiger partial charge in [-0.15, -0.1) is 0 Å². The van der Waals surface area contributed by atoms with Crippen LogP contribution in [0, 0.1) is 0 Å². The van der Waals surface area contributed by atoms with E-state index in [2.05, 4.69) is 40.6 Å². The monoisotopic (exact) mass is 626 g/mol. The molecule has 4 aromatic heterocycles. The lowest BCUT2D eigenvalue weighted by Crippen LogP contribution is -2.43. The quantitative estimate of drug-likeness (QED) is 0.0920. The van der Waals surface area contributed by atoms with Gasteiger partial charge < -0.3 is 25.1 Å². The molecule has 0 fully saturated rings. The van der Waals surface area contributed by atoms with Gasteiger partial charge in [-0.3, -0.25) is 5.32 Å². The number of nitrogens with zero attached hydrogens (tertiary/aromatic N) is 7. The molecule has 45 heavy (non-hydrogen) atoms. The molecule has 0 saturated heterocycles. The Bertz CT molecular complexity index is 1710. The Morgan fingerprint density at radius 1 is 1.07 bits per heavy atom. The van der Waals surface area contributed by atoms with E-state index in [0.29, 0.717) is 47.7 Å². The van der Waals surface area contributed by atoms with E-state index in [4.69, 9.17) is 20.1 Å². The van der Waals surface area contributed by atoms with Crippen molar-refractivity contribution in [1.29, 1.82) is 0 Å². The number of anilines is 2. The number of nitrogens with one attached hydrogen (secondary N) is 2. The summed E-state index contributed by atoms with van der Waals surface area (Å²) in [6.07, 6.45) is -0.867. The van der Waals surface area contributed by atoms with Crippen LogP contribution < -0.4 is 21.1 Å². The minimum Gasteiger partial charge on any atom is -0.490 e. The number of carbonyl (C=O) groups excluding carboxylic acids is 1. The zero-order chi connectivity index (χ0) is 31.8. The average molecular weight is 627 g/mol. The van der Waals surface area contributed by atoms with E-state index in [1.54, 1.807) is 12.3 Å². The summed E-state index contributed by atoms with van der Waals surface area (Å²) in [6.45, 7) is 2.73. The van der Waals surface area contributed by atoms with Crippen molar-refractivity contribution in [3.63, 3.8) is 0 Å². The van der Waals surface area contributed by atoms with Crippen LogP contribution in [0.1, 0.15) is 19.8 Å². The Balaban J connectivity index is 1.26. The number of fused-ring (bicyclic) bond motifs is 1. The number of carbonyl (C=O) groups is 1. The Morgan fingerprint density at radius 3 is 2.53 bits per heavy atom. The number of hydrogen-bond acceptors (Lipinski definition) is 13. The number of imidazole rings is 1. The van der Waals surface area contributed by atoms with Crippen molar-refractivity contribution in [2.24, 2.45) is 0 Å². The smallest absolute Gasteiger partial charge is 0.490 e. The topological polar surface area (TPSA) is 181 Å². The third-order valence-electron chi connectivity index (χ3n) is 6.52. The van der Waals surface area contributed by atoms with Gasteiger partial charge in [0, 0.05) is 24.5 Å². The molecule has 1 unspecified atom stereocenters. The van der Waals surface area contributed by atoms with E-state index in [1.165, 1.54) is 12.4 Å².